The van der Waals surface area contributed by atoms with Gasteiger partial charge in [-0.25, -0.2) is 4.79 Å². The summed E-state index contributed by atoms with van der Waals surface area (Å²) in [6.07, 6.45) is -0.569. The Balaban J connectivity index is 1.85. The van der Waals surface area contributed by atoms with Gasteiger partial charge < -0.3 is 19.8 Å². The number of aryl methyl sites for hydroxylation is 2. The van der Waals surface area contributed by atoms with Crippen molar-refractivity contribution < 1.29 is 18.7 Å². The zero-order valence-corrected chi connectivity index (χ0v) is 17.8. The van der Waals surface area contributed by atoms with Crippen LogP contribution in [0.3, 0.4) is 0 Å². The molecule has 1 atom stereocenters. The Bertz CT molecular complexity index is 845. The van der Waals surface area contributed by atoms with Crippen LogP contribution < -0.4 is 10.6 Å². The van der Waals surface area contributed by atoms with E-state index < -0.39 is 17.7 Å². The lowest BCUT2D eigenvalue weighted by molar-refractivity contribution is -0.113. The smallest absolute Gasteiger partial charge is 0.408 e. The molecule has 0 spiro atoms. The summed E-state index contributed by atoms with van der Waals surface area (Å²) in [5.74, 6) is 0.197. The van der Waals surface area contributed by atoms with Crippen LogP contribution in [-0.2, 0) is 9.53 Å². The second kappa shape index (κ2) is 9.09. The van der Waals surface area contributed by atoms with Gasteiger partial charge in [-0.1, -0.05) is 29.5 Å². The number of benzene rings is 1. The Hall–Kier alpha value is -2.55. The number of aromatic nitrogens is 2. The third-order valence-electron chi connectivity index (χ3n) is 3.51. The molecule has 0 aliphatic heterocycles. The Morgan fingerprint density at radius 1 is 1.25 bits per heavy atom. The summed E-state index contributed by atoms with van der Waals surface area (Å²) in [5, 5.41) is 13.6. The minimum Gasteiger partial charge on any atom is -0.444 e. The number of carbonyl (C=O) groups excluding carboxylic acids is 2. The number of hydrogen-bond acceptors (Lipinski definition) is 7. The molecule has 9 heteroatoms. The predicted octanol–water partition coefficient (Wildman–Crippen LogP) is 4.00. The summed E-state index contributed by atoms with van der Waals surface area (Å²) in [6, 6.07) is 5.31. The molecular formula is C19H26N4O4S. The number of amides is 2. The first-order valence-electron chi connectivity index (χ1n) is 8.86. The molecule has 2 aromatic rings. The van der Waals surface area contributed by atoms with E-state index in [0.29, 0.717) is 0 Å². The molecule has 2 rings (SSSR count). The van der Waals surface area contributed by atoms with Crippen molar-refractivity contribution >= 4 is 29.4 Å². The molecule has 8 nitrogen and oxygen atoms in total. The lowest BCUT2D eigenvalue weighted by Gasteiger charge is -2.20. The van der Waals surface area contributed by atoms with Crippen LogP contribution in [0.25, 0.3) is 0 Å². The van der Waals surface area contributed by atoms with Crippen LogP contribution in [0.2, 0.25) is 0 Å². The molecule has 0 saturated heterocycles. The number of nitrogens with one attached hydrogen (secondary N) is 2. The molecule has 0 unspecified atom stereocenters. The van der Waals surface area contributed by atoms with Crippen LogP contribution in [0.5, 0.6) is 0 Å². The van der Waals surface area contributed by atoms with Crippen molar-refractivity contribution in [2.24, 2.45) is 0 Å². The van der Waals surface area contributed by atoms with Crippen molar-refractivity contribution in [2.75, 3.05) is 11.1 Å². The van der Waals surface area contributed by atoms with Crippen molar-refractivity contribution in [2.45, 2.75) is 58.4 Å². The van der Waals surface area contributed by atoms with Crippen molar-refractivity contribution in [3.8, 4) is 0 Å². The van der Waals surface area contributed by atoms with Crippen molar-refractivity contribution in [3.63, 3.8) is 0 Å². The highest BCUT2D eigenvalue weighted by Gasteiger charge is 2.21. The number of thioether (sulfide) groups is 1. The first-order valence-corrected chi connectivity index (χ1v) is 9.85. The first-order chi connectivity index (χ1) is 13.0. The molecule has 28 heavy (non-hydrogen) atoms. The van der Waals surface area contributed by atoms with Gasteiger partial charge in [0.15, 0.2) is 0 Å². The zero-order chi connectivity index (χ0) is 20.9. The monoisotopic (exact) mass is 406 g/mol. The molecule has 1 heterocycles. The van der Waals surface area contributed by atoms with Crippen molar-refractivity contribution in [1.29, 1.82) is 0 Å². The Morgan fingerprint density at radius 2 is 1.96 bits per heavy atom. The molecule has 2 N–H and O–H groups in total. The maximum absolute atomic E-state index is 12.1. The van der Waals surface area contributed by atoms with Crippen LogP contribution in [0.1, 0.15) is 50.8 Å². The molecular weight excluding hydrogens is 380 g/mol. The number of ether oxygens (including phenoxy) is 1. The van der Waals surface area contributed by atoms with Gasteiger partial charge >= 0.3 is 6.09 Å². The van der Waals surface area contributed by atoms with Gasteiger partial charge in [-0.2, -0.15) is 0 Å². The van der Waals surface area contributed by atoms with Crippen LogP contribution >= 0.6 is 11.8 Å². The van der Waals surface area contributed by atoms with Crippen LogP contribution in [0.15, 0.2) is 27.8 Å². The number of nitrogens with zero attached hydrogens (tertiary/aromatic N) is 2. The van der Waals surface area contributed by atoms with Crippen LogP contribution in [0, 0.1) is 13.8 Å². The van der Waals surface area contributed by atoms with Gasteiger partial charge in [0.1, 0.15) is 11.6 Å². The van der Waals surface area contributed by atoms with E-state index in [9.17, 15) is 9.59 Å². The Labute approximate surface area is 168 Å². The summed E-state index contributed by atoms with van der Waals surface area (Å²) < 4.78 is 10.7. The summed E-state index contributed by atoms with van der Waals surface area (Å²) in [5.41, 5.74) is 2.32. The number of anilines is 1. The van der Waals surface area contributed by atoms with E-state index in [1.807, 2.05) is 32.0 Å². The van der Waals surface area contributed by atoms with E-state index in [1.54, 1.807) is 27.7 Å². The van der Waals surface area contributed by atoms with Gasteiger partial charge in [0.2, 0.25) is 11.8 Å². The lowest BCUT2D eigenvalue weighted by Crippen LogP contribution is -2.34. The summed E-state index contributed by atoms with van der Waals surface area (Å²) in [4.78, 5) is 24.0. The molecule has 1 aromatic heterocycles. The third kappa shape index (κ3) is 6.88. The normalized spacial score (nSPS) is 12.4. The fourth-order valence-corrected chi connectivity index (χ4v) is 2.84. The standard InChI is InChI=1S/C19H26N4O4S/c1-11-7-8-14(12(2)9-11)21-15(24)10-28-18-23-22-16(26-18)13(3)20-17(25)27-19(4,5)6/h7-9,13H,10H2,1-6H3,(H,20,25)(H,21,24)/t13-/m1/s1. The minimum absolute atomic E-state index is 0.128. The average molecular weight is 407 g/mol. The van der Waals surface area contributed by atoms with Gasteiger partial charge in [0, 0.05) is 5.69 Å². The van der Waals surface area contributed by atoms with Crippen molar-refractivity contribution in [1.82, 2.24) is 15.5 Å². The average Bonchev–Trinajstić information content (AvgIpc) is 3.03. The molecule has 0 fully saturated rings. The lowest BCUT2D eigenvalue weighted by atomic mass is 10.1. The summed E-state index contributed by atoms with van der Waals surface area (Å²) in [7, 11) is 0. The molecule has 0 bridgehead atoms. The van der Waals surface area contributed by atoms with Gasteiger partial charge in [-0.3, -0.25) is 4.79 Å². The molecule has 0 saturated carbocycles. The highest BCUT2D eigenvalue weighted by molar-refractivity contribution is 7.99. The Morgan fingerprint density at radius 3 is 2.61 bits per heavy atom. The molecule has 0 radical (unpaired) electrons. The largest absolute Gasteiger partial charge is 0.444 e. The molecule has 152 valence electrons. The minimum atomic E-state index is -0.594. The predicted molar refractivity (Wildman–Crippen MR) is 107 cm³/mol. The van der Waals surface area contributed by atoms with Gasteiger partial charge in [-0.15, -0.1) is 10.2 Å². The highest BCUT2D eigenvalue weighted by Crippen LogP contribution is 2.21. The third-order valence-corrected chi connectivity index (χ3v) is 4.33. The molecule has 0 aliphatic rings. The van der Waals surface area contributed by atoms with Crippen molar-refractivity contribution in [3.05, 3.63) is 35.2 Å². The Kier molecular flexibility index (Phi) is 7.06. The number of carbonyl (C=O) groups is 2. The SMILES string of the molecule is Cc1ccc(NC(=O)CSc2nnc([C@@H](C)NC(=O)OC(C)(C)C)o2)c(C)c1. The van der Waals surface area contributed by atoms with Gasteiger partial charge in [-0.05, 0) is 53.2 Å². The van der Waals surface area contributed by atoms with Crippen LogP contribution in [-0.4, -0.2) is 33.6 Å². The highest BCUT2D eigenvalue weighted by atomic mass is 32.2. The molecule has 2 amide bonds. The fourth-order valence-electron chi connectivity index (χ4n) is 2.27. The first kappa shape index (κ1) is 21.7. The molecule has 1 aromatic carbocycles. The maximum atomic E-state index is 12.1. The number of rotatable bonds is 6. The van der Waals surface area contributed by atoms with Gasteiger partial charge in [0.05, 0.1) is 5.75 Å². The van der Waals surface area contributed by atoms with Crippen LogP contribution in [0.4, 0.5) is 10.5 Å². The van der Waals surface area contributed by atoms with E-state index in [0.717, 1.165) is 28.6 Å². The van der Waals surface area contributed by atoms with E-state index in [2.05, 4.69) is 20.8 Å². The van der Waals surface area contributed by atoms with E-state index >= 15 is 0 Å². The topological polar surface area (TPSA) is 106 Å². The summed E-state index contributed by atoms with van der Waals surface area (Å²) in [6.45, 7) is 11.0. The van der Waals surface area contributed by atoms with E-state index in [1.165, 1.54) is 0 Å². The maximum Gasteiger partial charge on any atom is 0.408 e. The van der Waals surface area contributed by atoms with Gasteiger partial charge in [0.25, 0.3) is 5.22 Å². The fraction of sp³-hybridized carbons (Fsp3) is 0.474. The second-order valence-electron chi connectivity index (χ2n) is 7.43. The van der Waals surface area contributed by atoms with E-state index in [4.69, 9.17) is 9.15 Å². The molecule has 0 aliphatic carbocycles. The quantitative estimate of drug-likeness (QED) is 0.698. The number of hydrogen-bond donors (Lipinski definition) is 2. The number of alkyl carbamates (subject to hydrolysis) is 1. The summed E-state index contributed by atoms with van der Waals surface area (Å²) >= 11 is 1.13. The second-order valence-corrected chi connectivity index (χ2v) is 8.36. The zero-order valence-electron chi connectivity index (χ0n) is 17.0. The van der Waals surface area contributed by atoms with E-state index in [-0.39, 0.29) is 22.8 Å².